The van der Waals surface area contributed by atoms with Crippen LogP contribution in [0.1, 0.15) is 17.4 Å². The number of nitrogens with one attached hydrogen (secondary N) is 1. The number of benzene rings is 3. The monoisotopic (exact) mass is 411 g/mol. The molecule has 0 amide bonds. The van der Waals surface area contributed by atoms with Crippen LogP contribution in [-0.4, -0.2) is 19.3 Å². The zero-order valence-corrected chi connectivity index (χ0v) is 17.0. The average Bonchev–Trinajstić information content (AvgIpc) is 3.31. The Balaban J connectivity index is 1.62. The van der Waals surface area contributed by atoms with E-state index in [1.165, 1.54) is 0 Å². The molecule has 0 saturated heterocycles. The second kappa shape index (κ2) is 6.47. The molecule has 2 aromatic heterocycles. The second-order valence-electron chi connectivity index (χ2n) is 7.42. The second-order valence-corrected chi connectivity index (χ2v) is 7.78. The van der Waals surface area contributed by atoms with Crippen LogP contribution in [0.15, 0.2) is 78.9 Å². The first-order valence-corrected chi connectivity index (χ1v) is 10.2. The fourth-order valence-electron chi connectivity index (χ4n) is 4.28. The lowest BCUT2D eigenvalue weighted by atomic mass is 10.1. The van der Waals surface area contributed by atoms with Crippen molar-refractivity contribution in [1.82, 2.24) is 19.3 Å². The number of aromatic nitrogens is 4. The number of fused-ring (bicyclic) bond motifs is 5. The van der Waals surface area contributed by atoms with Gasteiger partial charge in [0.1, 0.15) is 17.1 Å². The zero-order chi connectivity index (χ0) is 20.2. The summed E-state index contributed by atoms with van der Waals surface area (Å²) in [4.78, 5) is 4.95. The Morgan fingerprint density at radius 2 is 1.63 bits per heavy atom. The highest BCUT2D eigenvalue weighted by Crippen LogP contribution is 2.43. The maximum atomic E-state index is 6.94. The van der Waals surface area contributed by atoms with Gasteiger partial charge in [0.2, 0.25) is 0 Å². The van der Waals surface area contributed by atoms with Crippen LogP contribution in [0.5, 0.6) is 0 Å². The van der Waals surface area contributed by atoms with E-state index in [2.05, 4.69) is 28.1 Å². The van der Waals surface area contributed by atoms with Gasteiger partial charge in [-0.25, -0.2) is 9.67 Å². The lowest BCUT2D eigenvalue weighted by Gasteiger charge is -2.30. The van der Waals surface area contributed by atoms with Crippen molar-refractivity contribution in [2.75, 3.05) is 5.32 Å². The van der Waals surface area contributed by atoms with E-state index in [1.54, 1.807) is 4.68 Å². The van der Waals surface area contributed by atoms with Gasteiger partial charge in [0.05, 0.1) is 28.0 Å². The molecule has 0 bridgehead atoms. The molecule has 5 aromatic rings. The van der Waals surface area contributed by atoms with E-state index in [-0.39, 0.29) is 6.17 Å². The van der Waals surface area contributed by atoms with E-state index < -0.39 is 0 Å². The maximum absolute atomic E-state index is 6.94. The van der Waals surface area contributed by atoms with Gasteiger partial charge in [0, 0.05) is 11.3 Å². The summed E-state index contributed by atoms with van der Waals surface area (Å²) in [5.41, 5.74) is 6.89. The molecule has 1 aliphatic rings. The molecule has 5 nitrogen and oxygen atoms in total. The van der Waals surface area contributed by atoms with Crippen LogP contribution in [0.2, 0.25) is 5.15 Å². The summed E-state index contributed by atoms with van der Waals surface area (Å²) < 4.78 is 4.02. The molecule has 3 aromatic carbocycles. The summed E-state index contributed by atoms with van der Waals surface area (Å²) in [6, 6.07) is 26.4. The Hall–Kier alpha value is -3.57. The summed E-state index contributed by atoms with van der Waals surface area (Å²) in [7, 11) is 0. The SMILES string of the molecule is Cc1nn(-c2ccccc2)c(Cl)c1[C@@H]1Nc2ccccc2-c2nc3ccccc3n21. The average molecular weight is 412 g/mol. The minimum atomic E-state index is -0.215. The van der Waals surface area contributed by atoms with Crippen LogP contribution in [0.25, 0.3) is 28.1 Å². The van der Waals surface area contributed by atoms with Crippen LogP contribution in [-0.2, 0) is 0 Å². The highest BCUT2D eigenvalue weighted by Gasteiger charge is 2.32. The van der Waals surface area contributed by atoms with Crippen LogP contribution in [0.3, 0.4) is 0 Å². The third-order valence-electron chi connectivity index (χ3n) is 5.64. The fraction of sp³-hybridized carbons (Fsp3) is 0.0833. The Bertz CT molecular complexity index is 1400. The summed E-state index contributed by atoms with van der Waals surface area (Å²) >= 11 is 6.94. The first-order valence-electron chi connectivity index (χ1n) is 9.86. The van der Waals surface area contributed by atoms with Gasteiger partial charge in [0.15, 0.2) is 0 Å². The van der Waals surface area contributed by atoms with E-state index in [9.17, 15) is 0 Å². The van der Waals surface area contributed by atoms with Crippen molar-refractivity contribution < 1.29 is 0 Å². The largest absolute Gasteiger partial charge is 0.360 e. The van der Waals surface area contributed by atoms with Crippen molar-refractivity contribution in [2.24, 2.45) is 0 Å². The number of halogens is 1. The molecule has 0 unspecified atom stereocenters. The zero-order valence-electron chi connectivity index (χ0n) is 16.2. The number of hydrogen-bond donors (Lipinski definition) is 1. The van der Waals surface area contributed by atoms with Crippen LogP contribution in [0, 0.1) is 6.92 Å². The third kappa shape index (κ3) is 2.42. The first-order chi connectivity index (χ1) is 14.7. The van der Waals surface area contributed by atoms with Gasteiger partial charge >= 0.3 is 0 Å². The van der Waals surface area contributed by atoms with Crippen molar-refractivity contribution in [3.8, 4) is 17.1 Å². The molecule has 1 N–H and O–H groups in total. The molecule has 6 rings (SSSR count). The molecule has 0 aliphatic carbocycles. The van der Waals surface area contributed by atoms with Gasteiger partial charge in [-0.3, -0.25) is 4.57 Å². The van der Waals surface area contributed by atoms with Crippen LogP contribution < -0.4 is 5.32 Å². The Kier molecular flexibility index (Phi) is 3.73. The predicted octanol–water partition coefficient (Wildman–Crippen LogP) is 5.82. The molecule has 0 fully saturated rings. The highest BCUT2D eigenvalue weighted by atomic mass is 35.5. The molecule has 3 heterocycles. The lowest BCUT2D eigenvalue weighted by molar-refractivity contribution is 0.665. The van der Waals surface area contributed by atoms with E-state index >= 15 is 0 Å². The van der Waals surface area contributed by atoms with Crippen LogP contribution in [0.4, 0.5) is 5.69 Å². The molecule has 0 radical (unpaired) electrons. The van der Waals surface area contributed by atoms with E-state index in [0.717, 1.165) is 45.1 Å². The number of rotatable bonds is 2. The Morgan fingerprint density at radius 1 is 0.900 bits per heavy atom. The number of para-hydroxylation sites is 4. The van der Waals surface area contributed by atoms with Crippen LogP contribution >= 0.6 is 11.6 Å². The molecule has 6 heteroatoms. The predicted molar refractivity (Wildman–Crippen MR) is 120 cm³/mol. The van der Waals surface area contributed by atoms with Crippen molar-refractivity contribution in [2.45, 2.75) is 13.1 Å². The number of anilines is 1. The summed E-state index contributed by atoms with van der Waals surface area (Å²) in [5.74, 6) is 0.929. The van der Waals surface area contributed by atoms with E-state index in [1.807, 2.05) is 67.6 Å². The lowest BCUT2D eigenvalue weighted by Crippen LogP contribution is -2.25. The van der Waals surface area contributed by atoms with Crippen molar-refractivity contribution in [3.63, 3.8) is 0 Å². The molecule has 0 spiro atoms. The molecular weight excluding hydrogens is 394 g/mol. The minimum absolute atomic E-state index is 0.215. The molecule has 146 valence electrons. The summed E-state index contributed by atoms with van der Waals surface area (Å²) in [6.45, 7) is 2.00. The van der Waals surface area contributed by atoms with Gasteiger partial charge in [-0.1, -0.05) is 54.1 Å². The van der Waals surface area contributed by atoms with Gasteiger partial charge in [-0.15, -0.1) is 0 Å². The smallest absolute Gasteiger partial charge is 0.145 e. The van der Waals surface area contributed by atoms with E-state index in [4.69, 9.17) is 21.7 Å². The molecule has 1 atom stereocenters. The summed E-state index contributed by atoms with van der Waals surface area (Å²) in [5, 5.41) is 9.04. The topological polar surface area (TPSA) is 47.7 Å². The highest BCUT2D eigenvalue weighted by molar-refractivity contribution is 6.30. The molecule has 1 aliphatic heterocycles. The number of nitrogens with zero attached hydrogens (tertiary/aromatic N) is 4. The van der Waals surface area contributed by atoms with Gasteiger partial charge in [-0.05, 0) is 43.3 Å². The molecular formula is C24H18ClN5. The number of aryl methyl sites for hydroxylation is 1. The standard InChI is InChI=1S/C24H18ClN5/c1-15-21(22(25)30(28-15)16-9-3-2-4-10-16)24-26-18-12-6-5-11-17(18)23-27-19-13-7-8-14-20(19)29(23)24/h2-14,24,26H,1H3/t24-/m1/s1. The van der Waals surface area contributed by atoms with Gasteiger partial charge < -0.3 is 5.32 Å². The molecule has 30 heavy (non-hydrogen) atoms. The van der Waals surface area contributed by atoms with Crippen molar-refractivity contribution in [3.05, 3.63) is 95.3 Å². The molecule has 0 saturated carbocycles. The normalized spacial score (nSPS) is 14.9. The van der Waals surface area contributed by atoms with Crippen molar-refractivity contribution in [1.29, 1.82) is 0 Å². The van der Waals surface area contributed by atoms with E-state index in [0.29, 0.717) is 5.15 Å². The maximum Gasteiger partial charge on any atom is 0.145 e. The first kappa shape index (κ1) is 17.3. The van der Waals surface area contributed by atoms with Gasteiger partial charge in [0.25, 0.3) is 0 Å². The quantitative estimate of drug-likeness (QED) is 0.398. The number of hydrogen-bond acceptors (Lipinski definition) is 3. The Labute approximate surface area is 178 Å². The van der Waals surface area contributed by atoms with Gasteiger partial charge in [-0.2, -0.15) is 5.10 Å². The Morgan fingerprint density at radius 3 is 2.50 bits per heavy atom. The third-order valence-corrected chi connectivity index (χ3v) is 6.00. The fourth-order valence-corrected chi connectivity index (χ4v) is 4.65. The number of imidazole rings is 1. The summed E-state index contributed by atoms with van der Waals surface area (Å²) in [6.07, 6.45) is -0.215. The minimum Gasteiger partial charge on any atom is -0.360 e. The van der Waals surface area contributed by atoms with Crippen molar-refractivity contribution >= 4 is 28.3 Å².